The summed E-state index contributed by atoms with van der Waals surface area (Å²) in [5, 5.41) is 4.39. The van der Waals surface area contributed by atoms with E-state index in [1.165, 1.54) is 18.4 Å². The second-order valence-electron chi connectivity index (χ2n) is 9.46. The summed E-state index contributed by atoms with van der Waals surface area (Å²) in [5.41, 5.74) is 3.08. The van der Waals surface area contributed by atoms with Crippen LogP contribution in [0, 0.1) is 5.92 Å². The van der Waals surface area contributed by atoms with E-state index < -0.39 is 12.1 Å². The quantitative estimate of drug-likeness (QED) is 0.285. The molecule has 0 bridgehead atoms. The van der Waals surface area contributed by atoms with Crippen LogP contribution in [0.25, 0.3) is 16.0 Å². The van der Waals surface area contributed by atoms with Gasteiger partial charge in [0, 0.05) is 28.9 Å². The SMILES string of the molecule is COC(=O)c1sc(-n2cnc3ccc(NC(=O)C4CCCN(C)C4)cc32)cc1OC(C)c1ccccc1Cl. The second-order valence-corrected chi connectivity index (χ2v) is 10.9. The highest BCUT2D eigenvalue weighted by Crippen LogP contribution is 2.38. The van der Waals surface area contributed by atoms with Crippen molar-refractivity contribution in [2.45, 2.75) is 25.9 Å². The molecule has 0 spiro atoms. The van der Waals surface area contributed by atoms with Gasteiger partial charge < -0.3 is 19.7 Å². The number of imidazole rings is 1. The molecule has 3 heterocycles. The molecule has 1 aliphatic rings. The van der Waals surface area contributed by atoms with E-state index in [0.29, 0.717) is 21.3 Å². The number of carbonyl (C=O) groups is 2. The minimum atomic E-state index is -0.488. The molecule has 2 atom stereocenters. The third kappa shape index (κ3) is 5.41. The third-order valence-corrected chi connectivity index (χ3v) is 8.19. The number of rotatable bonds is 7. The number of likely N-dealkylation sites (tertiary alicyclic amines) is 1. The molecule has 1 saturated heterocycles. The largest absolute Gasteiger partial charge is 0.484 e. The van der Waals surface area contributed by atoms with Crippen LogP contribution in [-0.2, 0) is 9.53 Å². The summed E-state index contributed by atoms with van der Waals surface area (Å²) in [4.78, 5) is 32.6. The van der Waals surface area contributed by atoms with Gasteiger partial charge >= 0.3 is 5.97 Å². The van der Waals surface area contributed by atoms with E-state index in [2.05, 4.69) is 15.2 Å². The van der Waals surface area contributed by atoms with Gasteiger partial charge in [0.1, 0.15) is 23.2 Å². The Kier molecular flexibility index (Phi) is 7.69. The maximum absolute atomic E-state index is 12.9. The maximum atomic E-state index is 12.9. The zero-order valence-electron chi connectivity index (χ0n) is 21.4. The molecule has 198 valence electrons. The number of aromatic nitrogens is 2. The number of esters is 1. The monoisotopic (exact) mass is 552 g/mol. The minimum Gasteiger partial charge on any atom is -0.484 e. The molecule has 0 radical (unpaired) electrons. The Morgan fingerprint density at radius 3 is 2.79 bits per heavy atom. The first kappa shape index (κ1) is 26.2. The van der Waals surface area contributed by atoms with Crippen LogP contribution < -0.4 is 10.1 Å². The number of halogens is 1. The number of anilines is 1. The number of amides is 1. The van der Waals surface area contributed by atoms with E-state index in [0.717, 1.165) is 47.5 Å². The number of nitrogens with one attached hydrogen (secondary N) is 1. The summed E-state index contributed by atoms with van der Waals surface area (Å²) in [7, 11) is 3.38. The van der Waals surface area contributed by atoms with E-state index in [1.54, 1.807) is 18.5 Å². The van der Waals surface area contributed by atoms with Crippen molar-refractivity contribution in [1.82, 2.24) is 14.5 Å². The molecule has 10 heteroatoms. The Labute approximate surface area is 230 Å². The van der Waals surface area contributed by atoms with Gasteiger partial charge in [-0.15, -0.1) is 11.3 Å². The zero-order valence-corrected chi connectivity index (χ0v) is 23.0. The number of carbonyl (C=O) groups excluding carboxylic acids is 2. The van der Waals surface area contributed by atoms with Crippen LogP contribution in [0.2, 0.25) is 5.02 Å². The fourth-order valence-corrected chi connectivity index (χ4v) is 6.03. The molecule has 1 fully saturated rings. The molecular weight excluding hydrogens is 524 g/mol. The topological polar surface area (TPSA) is 85.7 Å². The maximum Gasteiger partial charge on any atom is 0.351 e. The average Bonchev–Trinajstić information content (AvgIpc) is 3.52. The Hall–Kier alpha value is -3.40. The summed E-state index contributed by atoms with van der Waals surface area (Å²) >= 11 is 7.61. The highest BCUT2D eigenvalue weighted by molar-refractivity contribution is 7.16. The van der Waals surface area contributed by atoms with Crippen molar-refractivity contribution in [3.8, 4) is 10.8 Å². The Bertz CT molecular complexity index is 1480. The lowest BCUT2D eigenvalue weighted by atomic mass is 9.97. The van der Waals surface area contributed by atoms with Crippen LogP contribution in [0.5, 0.6) is 5.75 Å². The predicted octanol–water partition coefficient (Wildman–Crippen LogP) is 5.95. The van der Waals surface area contributed by atoms with Crippen LogP contribution >= 0.6 is 22.9 Å². The normalized spacial score (nSPS) is 16.8. The van der Waals surface area contributed by atoms with E-state index in [4.69, 9.17) is 21.1 Å². The van der Waals surface area contributed by atoms with Crippen molar-refractivity contribution in [3.05, 3.63) is 70.3 Å². The minimum absolute atomic E-state index is 0.0234. The molecular formula is C28H29ClN4O4S. The number of ether oxygens (including phenoxy) is 2. The molecule has 2 aromatic heterocycles. The smallest absolute Gasteiger partial charge is 0.351 e. The van der Waals surface area contributed by atoms with Crippen molar-refractivity contribution in [2.24, 2.45) is 5.92 Å². The van der Waals surface area contributed by atoms with Gasteiger partial charge in [-0.1, -0.05) is 29.8 Å². The Morgan fingerprint density at radius 1 is 1.21 bits per heavy atom. The van der Waals surface area contributed by atoms with Gasteiger partial charge in [0.25, 0.3) is 0 Å². The zero-order chi connectivity index (χ0) is 26.8. The first-order valence-corrected chi connectivity index (χ1v) is 13.6. The first-order valence-electron chi connectivity index (χ1n) is 12.4. The molecule has 0 aliphatic carbocycles. The van der Waals surface area contributed by atoms with Crippen LogP contribution in [0.15, 0.2) is 54.9 Å². The van der Waals surface area contributed by atoms with Crippen LogP contribution in [0.3, 0.4) is 0 Å². The summed E-state index contributed by atoms with van der Waals surface area (Å²) < 4.78 is 13.1. The number of benzene rings is 2. The molecule has 1 aliphatic heterocycles. The molecule has 1 N–H and O–H groups in total. The molecule has 0 saturated carbocycles. The van der Waals surface area contributed by atoms with E-state index >= 15 is 0 Å². The van der Waals surface area contributed by atoms with E-state index in [1.807, 2.05) is 54.9 Å². The number of nitrogens with zero attached hydrogens (tertiary/aromatic N) is 3. The molecule has 1 amide bonds. The van der Waals surface area contributed by atoms with Crippen molar-refractivity contribution in [1.29, 1.82) is 0 Å². The van der Waals surface area contributed by atoms with Crippen LogP contribution in [0.1, 0.15) is 41.1 Å². The first-order chi connectivity index (χ1) is 18.3. The number of hydrogen-bond donors (Lipinski definition) is 1. The van der Waals surface area contributed by atoms with Gasteiger partial charge in [-0.2, -0.15) is 0 Å². The fraction of sp³-hybridized carbons (Fsp3) is 0.321. The molecule has 8 nitrogen and oxygen atoms in total. The number of thiophene rings is 1. The van der Waals surface area contributed by atoms with Crippen molar-refractivity contribution in [2.75, 3.05) is 32.6 Å². The van der Waals surface area contributed by atoms with Gasteiger partial charge in [0.15, 0.2) is 4.88 Å². The molecule has 5 rings (SSSR count). The van der Waals surface area contributed by atoms with Gasteiger partial charge in [0.2, 0.25) is 5.91 Å². The fourth-order valence-electron chi connectivity index (χ4n) is 4.75. The standard InChI is InChI=1S/C28H29ClN4O4S/c1-17(20-8-4-5-9-21(20)29)37-24-14-25(38-26(24)28(35)36-3)33-16-30-22-11-10-19(13-23(22)33)31-27(34)18-7-6-12-32(2)15-18/h4-5,8-11,13-14,16-18H,6-7,12,15H2,1-3H3,(H,31,34). The molecule has 4 aromatic rings. The van der Waals surface area contributed by atoms with E-state index in [-0.39, 0.29) is 11.8 Å². The predicted molar refractivity (Wildman–Crippen MR) is 150 cm³/mol. The molecule has 38 heavy (non-hydrogen) atoms. The summed E-state index contributed by atoms with van der Waals surface area (Å²) in [6, 6.07) is 14.9. The second kappa shape index (κ2) is 11.1. The highest BCUT2D eigenvalue weighted by atomic mass is 35.5. The van der Waals surface area contributed by atoms with E-state index in [9.17, 15) is 9.59 Å². The van der Waals surface area contributed by atoms with Gasteiger partial charge in [-0.25, -0.2) is 9.78 Å². The lowest BCUT2D eigenvalue weighted by molar-refractivity contribution is -0.121. The Balaban J connectivity index is 1.44. The summed E-state index contributed by atoms with van der Waals surface area (Å²) in [6.07, 6.45) is 3.20. The Morgan fingerprint density at radius 2 is 2.03 bits per heavy atom. The molecule has 2 aromatic carbocycles. The summed E-state index contributed by atoms with van der Waals surface area (Å²) in [5.74, 6) is -0.0983. The third-order valence-electron chi connectivity index (χ3n) is 6.75. The average molecular weight is 553 g/mol. The summed E-state index contributed by atoms with van der Waals surface area (Å²) in [6.45, 7) is 3.66. The lowest BCUT2D eigenvalue weighted by Crippen LogP contribution is -2.38. The lowest BCUT2D eigenvalue weighted by Gasteiger charge is -2.28. The number of hydrogen-bond acceptors (Lipinski definition) is 7. The van der Waals surface area contributed by atoms with Crippen LogP contribution in [-0.4, -0.2) is 53.6 Å². The van der Waals surface area contributed by atoms with Gasteiger partial charge in [0.05, 0.1) is 24.1 Å². The van der Waals surface area contributed by atoms with Gasteiger partial charge in [-0.05, 0) is 57.6 Å². The number of piperidine rings is 1. The van der Waals surface area contributed by atoms with Crippen molar-refractivity contribution < 1.29 is 19.1 Å². The van der Waals surface area contributed by atoms with Crippen molar-refractivity contribution >= 4 is 51.5 Å². The molecule has 2 unspecified atom stereocenters. The van der Waals surface area contributed by atoms with Crippen molar-refractivity contribution in [3.63, 3.8) is 0 Å². The highest BCUT2D eigenvalue weighted by Gasteiger charge is 2.25. The number of fused-ring (bicyclic) bond motifs is 1. The van der Waals surface area contributed by atoms with Crippen LogP contribution in [0.4, 0.5) is 5.69 Å². The van der Waals surface area contributed by atoms with Gasteiger partial charge in [-0.3, -0.25) is 9.36 Å². The number of methoxy groups -OCH3 is 1.